The van der Waals surface area contributed by atoms with Gasteiger partial charge in [0.2, 0.25) is 11.9 Å². The summed E-state index contributed by atoms with van der Waals surface area (Å²) in [6.07, 6.45) is -0.407. The van der Waals surface area contributed by atoms with Gasteiger partial charge in [0.15, 0.2) is 0 Å². The molecule has 2 rings (SSSR count). The standard InChI is InChI=1S/C14H21N5O6/c1-23-14-17-12(15-4-7-25-11(22)3-2-10(20)21)16-13(18-14)19-5-8-24-9-6-19/h2-9H2,1H3,(H,20,21)(H,15,16,17,18). The number of nitrogens with zero attached hydrogens (tertiary/aromatic N) is 4. The lowest BCUT2D eigenvalue weighted by Gasteiger charge is -2.26. The second-order valence-electron chi connectivity index (χ2n) is 5.09. The van der Waals surface area contributed by atoms with Gasteiger partial charge >= 0.3 is 17.9 Å². The molecule has 1 aromatic rings. The lowest BCUT2D eigenvalue weighted by atomic mass is 10.3. The molecule has 0 bridgehead atoms. The summed E-state index contributed by atoms with van der Waals surface area (Å²) in [4.78, 5) is 36.3. The molecule has 0 amide bonds. The Hall–Kier alpha value is -2.69. The number of esters is 1. The highest BCUT2D eigenvalue weighted by atomic mass is 16.5. The van der Waals surface area contributed by atoms with E-state index in [4.69, 9.17) is 19.3 Å². The summed E-state index contributed by atoms with van der Waals surface area (Å²) >= 11 is 0. The number of rotatable bonds is 9. The van der Waals surface area contributed by atoms with Gasteiger partial charge in [0.25, 0.3) is 0 Å². The summed E-state index contributed by atoms with van der Waals surface area (Å²) in [5.41, 5.74) is 0. The molecule has 1 fully saturated rings. The Bertz CT molecular complexity index is 593. The van der Waals surface area contributed by atoms with Crippen molar-refractivity contribution in [3.05, 3.63) is 0 Å². The van der Waals surface area contributed by atoms with Crippen molar-refractivity contribution in [2.45, 2.75) is 12.8 Å². The number of carbonyl (C=O) groups excluding carboxylic acids is 1. The largest absolute Gasteiger partial charge is 0.481 e. The van der Waals surface area contributed by atoms with Crippen molar-refractivity contribution < 1.29 is 28.9 Å². The van der Waals surface area contributed by atoms with Gasteiger partial charge in [-0.25, -0.2) is 0 Å². The highest BCUT2D eigenvalue weighted by Crippen LogP contribution is 2.15. The molecule has 0 spiro atoms. The van der Waals surface area contributed by atoms with Crippen LogP contribution in [0.4, 0.5) is 11.9 Å². The van der Waals surface area contributed by atoms with E-state index < -0.39 is 11.9 Å². The predicted octanol–water partition coefficient (Wildman–Crippen LogP) is -0.463. The number of anilines is 2. The second-order valence-corrected chi connectivity index (χ2v) is 5.09. The SMILES string of the molecule is COc1nc(NCCOC(=O)CCC(=O)O)nc(N2CCOCC2)n1. The second kappa shape index (κ2) is 9.57. The van der Waals surface area contributed by atoms with Crippen molar-refractivity contribution in [1.82, 2.24) is 15.0 Å². The van der Waals surface area contributed by atoms with Gasteiger partial charge in [-0.2, -0.15) is 15.0 Å². The predicted molar refractivity (Wildman–Crippen MR) is 85.7 cm³/mol. The number of methoxy groups -OCH3 is 1. The maximum atomic E-state index is 11.3. The number of morpholine rings is 1. The van der Waals surface area contributed by atoms with Crippen LogP contribution in [0.2, 0.25) is 0 Å². The number of nitrogens with one attached hydrogen (secondary N) is 1. The van der Waals surface area contributed by atoms with Crippen LogP contribution in [0.25, 0.3) is 0 Å². The van der Waals surface area contributed by atoms with Crippen LogP contribution in [0.3, 0.4) is 0 Å². The maximum absolute atomic E-state index is 11.3. The first-order valence-corrected chi connectivity index (χ1v) is 7.82. The molecular weight excluding hydrogens is 334 g/mol. The molecule has 0 unspecified atom stereocenters. The Morgan fingerprint density at radius 2 is 2.00 bits per heavy atom. The van der Waals surface area contributed by atoms with Crippen LogP contribution >= 0.6 is 0 Å². The van der Waals surface area contributed by atoms with E-state index in [-0.39, 0.29) is 32.0 Å². The fraction of sp³-hybridized carbons (Fsp3) is 0.643. The smallest absolute Gasteiger partial charge is 0.322 e. The van der Waals surface area contributed by atoms with Gasteiger partial charge in [-0.1, -0.05) is 0 Å². The Balaban J connectivity index is 1.84. The van der Waals surface area contributed by atoms with E-state index in [1.54, 1.807) is 0 Å². The first-order valence-electron chi connectivity index (χ1n) is 7.82. The molecule has 2 heterocycles. The molecule has 0 atom stereocenters. The summed E-state index contributed by atoms with van der Waals surface area (Å²) in [7, 11) is 1.46. The number of aromatic nitrogens is 3. The summed E-state index contributed by atoms with van der Waals surface area (Å²) in [6, 6.07) is 0.178. The molecule has 11 heteroatoms. The van der Waals surface area contributed by atoms with Crippen LogP contribution < -0.4 is 15.0 Å². The van der Waals surface area contributed by atoms with Gasteiger partial charge < -0.3 is 29.5 Å². The number of ether oxygens (including phenoxy) is 3. The van der Waals surface area contributed by atoms with E-state index >= 15 is 0 Å². The van der Waals surface area contributed by atoms with Crippen LogP contribution in [-0.4, -0.2) is 78.6 Å². The Labute approximate surface area is 144 Å². The van der Waals surface area contributed by atoms with Gasteiger partial charge in [0, 0.05) is 13.1 Å². The fourth-order valence-electron chi connectivity index (χ4n) is 2.03. The third-order valence-corrected chi connectivity index (χ3v) is 3.27. The molecule has 0 saturated carbocycles. The van der Waals surface area contributed by atoms with Gasteiger partial charge in [-0.15, -0.1) is 0 Å². The molecule has 1 aliphatic rings. The number of hydrogen-bond donors (Lipinski definition) is 2. The van der Waals surface area contributed by atoms with Crippen molar-refractivity contribution in [2.75, 3.05) is 56.8 Å². The summed E-state index contributed by atoms with van der Waals surface area (Å²) in [5.74, 6) is -0.819. The minimum absolute atomic E-state index is 0.0688. The molecule has 138 valence electrons. The first kappa shape index (κ1) is 18.6. The zero-order valence-corrected chi connectivity index (χ0v) is 13.9. The van der Waals surface area contributed by atoms with Crippen LogP contribution in [0.5, 0.6) is 6.01 Å². The minimum atomic E-state index is -1.04. The third-order valence-electron chi connectivity index (χ3n) is 3.27. The van der Waals surface area contributed by atoms with E-state index in [0.717, 1.165) is 0 Å². The first-order chi connectivity index (χ1) is 12.1. The summed E-state index contributed by atoms with van der Waals surface area (Å²) < 4.78 is 15.3. The van der Waals surface area contributed by atoms with Gasteiger partial charge in [0.1, 0.15) is 6.61 Å². The van der Waals surface area contributed by atoms with Crippen LogP contribution in [0.1, 0.15) is 12.8 Å². The average molecular weight is 355 g/mol. The van der Waals surface area contributed by atoms with Crippen molar-refractivity contribution in [3.63, 3.8) is 0 Å². The lowest BCUT2D eigenvalue weighted by Crippen LogP contribution is -2.37. The van der Waals surface area contributed by atoms with Gasteiger partial charge in [-0.3, -0.25) is 9.59 Å². The van der Waals surface area contributed by atoms with Crippen molar-refractivity contribution >= 4 is 23.8 Å². The molecule has 11 nitrogen and oxygen atoms in total. The van der Waals surface area contributed by atoms with E-state index in [2.05, 4.69) is 20.3 Å². The Kier molecular flexibility index (Phi) is 7.14. The Morgan fingerprint density at radius 1 is 1.24 bits per heavy atom. The monoisotopic (exact) mass is 355 g/mol. The van der Waals surface area contributed by atoms with E-state index in [1.165, 1.54) is 7.11 Å². The molecule has 2 N–H and O–H groups in total. The number of hydrogen-bond acceptors (Lipinski definition) is 10. The highest BCUT2D eigenvalue weighted by Gasteiger charge is 2.16. The topological polar surface area (TPSA) is 136 Å². The van der Waals surface area contributed by atoms with Crippen LogP contribution in [0, 0.1) is 0 Å². The van der Waals surface area contributed by atoms with E-state index in [0.29, 0.717) is 38.2 Å². The number of carboxylic acids is 1. The van der Waals surface area contributed by atoms with Gasteiger partial charge in [0.05, 0.1) is 39.7 Å². The van der Waals surface area contributed by atoms with Crippen molar-refractivity contribution in [3.8, 4) is 6.01 Å². The van der Waals surface area contributed by atoms with Crippen LogP contribution in [-0.2, 0) is 19.1 Å². The van der Waals surface area contributed by atoms with E-state index in [9.17, 15) is 9.59 Å². The maximum Gasteiger partial charge on any atom is 0.322 e. The molecule has 1 saturated heterocycles. The number of carboxylic acid groups (broad SMARTS) is 1. The van der Waals surface area contributed by atoms with E-state index in [1.807, 2.05) is 4.90 Å². The normalized spacial score (nSPS) is 14.0. The zero-order valence-electron chi connectivity index (χ0n) is 13.9. The minimum Gasteiger partial charge on any atom is -0.481 e. The quantitative estimate of drug-likeness (QED) is 0.439. The van der Waals surface area contributed by atoms with Crippen molar-refractivity contribution in [1.29, 1.82) is 0 Å². The lowest BCUT2D eigenvalue weighted by molar-refractivity contribution is -0.147. The molecule has 1 aliphatic heterocycles. The average Bonchev–Trinajstić information content (AvgIpc) is 2.64. The molecule has 0 aromatic carbocycles. The summed E-state index contributed by atoms with van der Waals surface area (Å²) in [5, 5.41) is 11.4. The van der Waals surface area contributed by atoms with Gasteiger partial charge in [-0.05, 0) is 0 Å². The number of aliphatic carboxylic acids is 1. The highest BCUT2D eigenvalue weighted by molar-refractivity contribution is 5.76. The molecule has 1 aromatic heterocycles. The molecular formula is C14H21N5O6. The molecule has 0 aliphatic carbocycles. The zero-order chi connectivity index (χ0) is 18.1. The fourth-order valence-corrected chi connectivity index (χ4v) is 2.03. The number of carbonyl (C=O) groups is 2. The molecule has 25 heavy (non-hydrogen) atoms. The molecule has 0 radical (unpaired) electrons. The Morgan fingerprint density at radius 3 is 2.68 bits per heavy atom. The van der Waals surface area contributed by atoms with Crippen LogP contribution in [0.15, 0.2) is 0 Å². The third kappa shape index (κ3) is 6.37. The van der Waals surface area contributed by atoms with Crippen molar-refractivity contribution in [2.24, 2.45) is 0 Å². The summed E-state index contributed by atoms with van der Waals surface area (Å²) in [6.45, 7) is 2.89.